The van der Waals surface area contributed by atoms with Gasteiger partial charge in [-0.1, -0.05) is 223 Å². The Labute approximate surface area is 365 Å². The van der Waals surface area contributed by atoms with Gasteiger partial charge in [0.2, 0.25) is 5.91 Å². The maximum Gasteiger partial charge on any atom is 0.306 e. The fourth-order valence-electron chi connectivity index (χ4n) is 7.35. The molecule has 342 valence electrons. The van der Waals surface area contributed by atoms with E-state index in [1.165, 1.54) is 109 Å². The van der Waals surface area contributed by atoms with Gasteiger partial charge in [-0.25, -0.2) is 0 Å². The van der Waals surface area contributed by atoms with Gasteiger partial charge in [0.25, 0.3) is 0 Å². The summed E-state index contributed by atoms with van der Waals surface area (Å²) in [6, 6.07) is -0.711. The Kier molecular flexibility index (Phi) is 44.7. The second-order valence-electron chi connectivity index (χ2n) is 16.8. The quantitative estimate of drug-likeness (QED) is 0.0323. The number of amides is 1. The highest BCUT2D eigenvalue weighted by Crippen LogP contribution is 2.17. The molecule has 0 spiro atoms. The molecule has 6 heteroatoms. The molecule has 3 atom stereocenters. The normalized spacial score (nSPS) is 13.8. The molecule has 0 aromatic heterocycles. The van der Waals surface area contributed by atoms with Gasteiger partial charge in [0.1, 0.15) is 6.10 Å². The number of aliphatic hydroxyl groups excluding tert-OH is 2. The third-order valence-corrected chi connectivity index (χ3v) is 11.1. The van der Waals surface area contributed by atoms with Crippen molar-refractivity contribution in [2.24, 2.45) is 0 Å². The lowest BCUT2D eigenvalue weighted by Crippen LogP contribution is -2.46. The summed E-state index contributed by atoms with van der Waals surface area (Å²) in [5.74, 6) is -0.546. The molecule has 3 unspecified atom stereocenters. The minimum absolute atomic E-state index is 0.0542. The number of allylic oxidation sites excluding steroid dienone is 10. The van der Waals surface area contributed by atoms with E-state index in [1.807, 2.05) is 0 Å². The van der Waals surface area contributed by atoms with E-state index in [4.69, 9.17) is 4.74 Å². The van der Waals surface area contributed by atoms with Crippen LogP contribution < -0.4 is 5.32 Å². The molecule has 0 aliphatic carbocycles. The number of esters is 1. The molecule has 0 aromatic rings. The predicted molar refractivity (Wildman–Crippen MR) is 255 cm³/mol. The largest absolute Gasteiger partial charge is 0.462 e. The van der Waals surface area contributed by atoms with E-state index in [2.05, 4.69) is 86.8 Å². The van der Waals surface area contributed by atoms with Gasteiger partial charge in [-0.2, -0.15) is 0 Å². The molecule has 0 aromatic carbocycles. The van der Waals surface area contributed by atoms with Crippen LogP contribution in [-0.2, 0) is 14.3 Å². The Morgan fingerprint density at radius 2 is 0.898 bits per heavy atom. The molecule has 0 aliphatic heterocycles. The Hall–Kier alpha value is -2.44. The third kappa shape index (κ3) is 42.1. The third-order valence-electron chi connectivity index (χ3n) is 11.1. The first-order valence-corrected chi connectivity index (χ1v) is 25.0. The van der Waals surface area contributed by atoms with Crippen LogP contribution in [0.1, 0.15) is 239 Å². The zero-order valence-electron chi connectivity index (χ0n) is 38.9. The van der Waals surface area contributed by atoms with Crippen LogP contribution in [0.5, 0.6) is 0 Å². The van der Waals surface area contributed by atoms with Crippen LogP contribution in [0.2, 0.25) is 0 Å². The Morgan fingerprint density at radius 3 is 1.32 bits per heavy atom. The number of aliphatic hydroxyl groups is 2. The Balaban J connectivity index is 4.45. The van der Waals surface area contributed by atoms with Crippen molar-refractivity contribution in [1.29, 1.82) is 0 Å². The fourth-order valence-corrected chi connectivity index (χ4v) is 7.35. The lowest BCUT2D eigenvalue weighted by atomic mass is 10.0. The summed E-state index contributed by atoms with van der Waals surface area (Å²) >= 11 is 0. The van der Waals surface area contributed by atoms with Gasteiger partial charge in [0.15, 0.2) is 0 Å². The van der Waals surface area contributed by atoms with Crippen molar-refractivity contribution in [3.8, 4) is 0 Å². The SMILES string of the molecule is CC/C=C\C/C=C\C/C=C\C/C=C\C/C=C\CCCC(=O)OC(CCCCCCCCC)CC(=O)NC(CO)C(O)CCCCCCCCCCCCCCCCCC. The number of nitrogens with one attached hydrogen (secondary N) is 1. The van der Waals surface area contributed by atoms with Crippen molar-refractivity contribution >= 4 is 11.9 Å². The van der Waals surface area contributed by atoms with Crippen LogP contribution in [0.3, 0.4) is 0 Å². The number of unbranched alkanes of at least 4 members (excludes halogenated alkanes) is 22. The van der Waals surface area contributed by atoms with E-state index in [0.717, 1.165) is 77.0 Å². The zero-order valence-corrected chi connectivity index (χ0v) is 38.9. The molecule has 0 aliphatic rings. The van der Waals surface area contributed by atoms with E-state index in [1.54, 1.807) is 0 Å². The Bertz CT molecular complexity index is 1060. The van der Waals surface area contributed by atoms with Crippen molar-refractivity contribution in [1.82, 2.24) is 5.32 Å². The van der Waals surface area contributed by atoms with Crippen molar-refractivity contribution in [3.63, 3.8) is 0 Å². The summed E-state index contributed by atoms with van der Waals surface area (Å²) in [5.41, 5.74) is 0. The molecule has 0 fully saturated rings. The van der Waals surface area contributed by atoms with Gasteiger partial charge in [-0.3, -0.25) is 9.59 Å². The van der Waals surface area contributed by atoms with E-state index >= 15 is 0 Å². The van der Waals surface area contributed by atoms with Crippen LogP contribution in [0, 0.1) is 0 Å². The monoisotopic (exact) mass is 826 g/mol. The van der Waals surface area contributed by atoms with Gasteiger partial charge < -0.3 is 20.3 Å². The maximum absolute atomic E-state index is 13.1. The molecule has 59 heavy (non-hydrogen) atoms. The highest BCUT2D eigenvalue weighted by molar-refractivity contribution is 5.77. The molecule has 0 radical (unpaired) electrons. The molecule has 6 nitrogen and oxygen atoms in total. The van der Waals surface area contributed by atoms with Crippen molar-refractivity contribution < 1.29 is 24.5 Å². The van der Waals surface area contributed by atoms with Crippen molar-refractivity contribution in [3.05, 3.63) is 60.8 Å². The summed E-state index contributed by atoms with van der Waals surface area (Å²) in [6.45, 7) is 6.33. The van der Waals surface area contributed by atoms with E-state index in [-0.39, 0.29) is 24.9 Å². The lowest BCUT2D eigenvalue weighted by molar-refractivity contribution is -0.151. The van der Waals surface area contributed by atoms with Gasteiger partial charge >= 0.3 is 5.97 Å². The van der Waals surface area contributed by atoms with Gasteiger partial charge in [-0.05, 0) is 64.2 Å². The van der Waals surface area contributed by atoms with Gasteiger partial charge in [-0.15, -0.1) is 0 Å². The molecule has 1 amide bonds. The summed E-state index contributed by atoms with van der Waals surface area (Å²) in [6.07, 6.45) is 57.3. The van der Waals surface area contributed by atoms with Gasteiger partial charge in [0, 0.05) is 6.42 Å². The summed E-state index contributed by atoms with van der Waals surface area (Å²) in [7, 11) is 0. The highest BCUT2D eigenvalue weighted by atomic mass is 16.5. The topological polar surface area (TPSA) is 95.9 Å². The zero-order chi connectivity index (χ0) is 43.1. The second-order valence-corrected chi connectivity index (χ2v) is 16.8. The van der Waals surface area contributed by atoms with Crippen LogP contribution in [0.25, 0.3) is 0 Å². The van der Waals surface area contributed by atoms with E-state index in [0.29, 0.717) is 25.7 Å². The molecule has 0 heterocycles. The first-order chi connectivity index (χ1) is 29.0. The maximum atomic E-state index is 13.1. The molecule has 0 bridgehead atoms. The van der Waals surface area contributed by atoms with E-state index in [9.17, 15) is 19.8 Å². The molecule has 0 saturated heterocycles. The second kappa shape index (κ2) is 46.6. The molecular formula is C53H95NO5. The smallest absolute Gasteiger partial charge is 0.306 e. The van der Waals surface area contributed by atoms with Gasteiger partial charge in [0.05, 0.1) is 25.2 Å². The van der Waals surface area contributed by atoms with Crippen LogP contribution in [-0.4, -0.2) is 46.9 Å². The first kappa shape index (κ1) is 56.6. The average Bonchev–Trinajstić information content (AvgIpc) is 3.23. The Morgan fingerprint density at radius 1 is 0.508 bits per heavy atom. The summed E-state index contributed by atoms with van der Waals surface area (Å²) in [4.78, 5) is 26.0. The summed E-state index contributed by atoms with van der Waals surface area (Å²) < 4.78 is 5.86. The first-order valence-electron chi connectivity index (χ1n) is 25.0. The van der Waals surface area contributed by atoms with Crippen LogP contribution in [0.4, 0.5) is 0 Å². The molecular weight excluding hydrogens is 731 g/mol. The predicted octanol–water partition coefficient (Wildman–Crippen LogP) is 14.8. The fraction of sp³-hybridized carbons (Fsp3) is 0.774. The molecule has 3 N–H and O–H groups in total. The lowest BCUT2D eigenvalue weighted by Gasteiger charge is -2.24. The number of carbonyl (C=O) groups is 2. The van der Waals surface area contributed by atoms with E-state index < -0.39 is 18.2 Å². The molecule has 0 rings (SSSR count). The van der Waals surface area contributed by atoms with Crippen LogP contribution in [0.15, 0.2) is 60.8 Å². The van der Waals surface area contributed by atoms with Crippen LogP contribution >= 0.6 is 0 Å². The average molecular weight is 826 g/mol. The van der Waals surface area contributed by atoms with Crippen molar-refractivity contribution in [2.45, 2.75) is 257 Å². The minimum Gasteiger partial charge on any atom is -0.462 e. The number of ether oxygens (including phenoxy) is 1. The standard InChI is InChI=1S/C53H95NO5/c1-4-7-10-13-16-18-20-22-24-26-28-30-32-34-37-40-43-46-53(58)59-49(44-41-38-35-15-12-9-6-3)47-52(57)54-50(48-55)51(56)45-42-39-36-33-31-29-27-25-23-21-19-17-14-11-8-5-2/h7,10,16,18,22,24,28,30,34,37,49-51,55-56H,4-6,8-9,11-15,17,19-21,23,25-27,29,31-33,35-36,38-48H2,1-3H3,(H,54,57)/b10-7-,18-16-,24-22-,30-28-,37-34-. The number of hydrogen-bond acceptors (Lipinski definition) is 5. The molecule has 0 saturated carbocycles. The minimum atomic E-state index is -0.796. The summed E-state index contributed by atoms with van der Waals surface area (Å²) in [5, 5.41) is 23.7. The number of rotatable bonds is 44. The number of carbonyl (C=O) groups excluding carboxylic acids is 2. The highest BCUT2D eigenvalue weighted by Gasteiger charge is 2.24. The number of hydrogen-bond donors (Lipinski definition) is 3. The van der Waals surface area contributed by atoms with Crippen molar-refractivity contribution in [2.75, 3.05) is 6.61 Å².